The average Bonchev–Trinajstić information content (AvgIpc) is 2.59. The number of para-hydroxylation sites is 1. The molecule has 3 aromatic rings. The molecule has 3 rings (SSSR count). The highest BCUT2D eigenvalue weighted by atomic mass is 35.5. The topological polar surface area (TPSA) is 86.9 Å². The van der Waals surface area contributed by atoms with Gasteiger partial charge < -0.3 is 10.6 Å². The molecule has 1 heterocycles. The fraction of sp³-hybridized carbons (Fsp3) is 0.118. The quantitative estimate of drug-likeness (QED) is 0.621. The van der Waals surface area contributed by atoms with E-state index in [1.807, 2.05) is 6.07 Å². The Bertz CT molecular complexity index is 939. The van der Waals surface area contributed by atoms with Crippen LogP contribution in [0.3, 0.4) is 0 Å². The Hall–Kier alpha value is -2.86. The van der Waals surface area contributed by atoms with Gasteiger partial charge in [0.2, 0.25) is 5.95 Å². The molecule has 24 heavy (non-hydrogen) atoms. The number of carbonyl (C=O) groups is 1. The molecule has 0 spiro atoms. The number of hydrogen-bond donors (Lipinski definition) is 3. The van der Waals surface area contributed by atoms with Gasteiger partial charge in [-0.1, -0.05) is 35.9 Å². The first-order valence-corrected chi connectivity index (χ1v) is 7.78. The van der Waals surface area contributed by atoms with E-state index in [4.69, 9.17) is 11.6 Å². The number of anilines is 1. The van der Waals surface area contributed by atoms with E-state index in [0.717, 1.165) is 0 Å². The third-order valence-electron chi connectivity index (χ3n) is 3.43. The number of amides is 1. The van der Waals surface area contributed by atoms with Crippen molar-refractivity contribution in [1.29, 1.82) is 0 Å². The van der Waals surface area contributed by atoms with E-state index in [1.165, 1.54) is 0 Å². The molecule has 0 bridgehead atoms. The Morgan fingerprint density at radius 2 is 1.83 bits per heavy atom. The molecule has 0 atom stereocenters. The second-order valence-corrected chi connectivity index (χ2v) is 5.50. The van der Waals surface area contributed by atoms with Crippen molar-refractivity contribution in [2.24, 2.45) is 0 Å². The molecule has 0 saturated carbocycles. The fourth-order valence-corrected chi connectivity index (χ4v) is 2.49. The van der Waals surface area contributed by atoms with Crippen molar-refractivity contribution in [2.75, 3.05) is 18.4 Å². The van der Waals surface area contributed by atoms with Gasteiger partial charge in [-0.3, -0.25) is 14.6 Å². The molecule has 1 amide bonds. The van der Waals surface area contributed by atoms with Gasteiger partial charge in [-0.25, -0.2) is 4.98 Å². The van der Waals surface area contributed by atoms with Gasteiger partial charge >= 0.3 is 0 Å². The average molecular weight is 343 g/mol. The van der Waals surface area contributed by atoms with Crippen molar-refractivity contribution in [3.63, 3.8) is 0 Å². The van der Waals surface area contributed by atoms with Gasteiger partial charge in [0.25, 0.3) is 11.5 Å². The van der Waals surface area contributed by atoms with Crippen LogP contribution in [0.5, 0.6) is 0 Å². The van der Waals surface area contributed by atoms with Crippen LogP contribution in [0.4, 0.5) is 5.95 Å². The second kappa shape index (κ2) is 7.14. The van der Waals surface area contributed by atoms with E-state index >= 15 is 0 Å². The number of halogens is 1. The number of H-pyrrole nitrogens is 1. The molecule has 1 aromatic heterocycles. The molecule has 0 aliphatic carbocycles. The number of nitrogens with zero attached hydrogens (tertiary/aromatic N) is 1. The van der Waals surface area contributed by atoms with Gasteiger partial charge in [0.15, 0.2) is 0 Å². The SMILES string of the molecule is O=C(NCCNc1nc2ccccc2c(=O)[nH]1)c1ccccc1Cl. The van der Waals surface area contributed by atoms with Crippen molar-refractivity contribution in [3.05, 3.63) is 69.5 Å². The van der Waals surface area contributed by atoms with Crippen LogP contribution in [0.1, 0.15) is 10.4 Å². The van der Waals surface area contributed by atoms with Crippen LogP contribution in [0.25, 0.3) is 10.9 Å². The number of benzene rings is 2. The summed E-state index contributed by atoms with van der Waals surface area (Å²) in [6.45, 7) is 0.776. The number of rotatable bonds is 5. The first-order valence-electron chi connectivity index (χ1n) is 7.41. The van der Waals surface area contributed by atoms with Crippen molar-refractivity contribution < 1.29 is 4.79 Å². The van der Waals surface area contributed by atoms with Gasteiger partial charge in [0.1, 0.15) is 0 Å². The van der Waals surface area contributed by atoms with Crippen LogP contribution >= 0.6 is 11.6 Å². The Morgan fingerprint density at radius 1 is 1.08 bits per heavy atom. The second-order valence-electron chi connectivity index (χ2n) is 5.09. The monoisotopic (exact) mass is 342 g/mol. The zero-order valence-corrected chi connectivity index (χ0v) is 13.4. The van der Waals surface area contributed by atoms with E-state index < -0.39 is 0 Å². The summed E-state index contributed by atoms with van der Waals surface area (Å²) in [7, 11) is 0. The number of fused-ring (bicyclic) bond motifs is 1. The molecule has 0 radical (unpaired) electrons. The molecule has 7 heteroatoms. The van der Waals surface area contributed by atoms with E-state index in [0.29, 0.717) is 40.5 Å². The fourth-order valence-electron chi connectivity index (χ4n) is 2.27. The Morgan fingerprint density at radius 3 is 2.67 bits per heavy atom. The molecule has 0 aliphatic rings. The number of aromatic nitrogens is 2. The van der Waals surface area contributed by atoms with Gasteiger partial charge in [0.05, 0.1) is 21.5 Å². The summed E-state index contributed by atoms with van der Waals surface area (Å²) in [5, 5.41) is 6.68. The zero-order chi connectivity index (χ0) is 16.9. The first kappa shape index (κ1) is 16.0. The highest BCUT2D eigenvalue weighted by Crippen LogP contribution is 2.14. The summed E-state index contributed by atoms with van der Waals surface area (Å²) in [6, 6.07) is 13.9. The van der Waals surface area contributed by atoms with Crippen LogP contribution < -0.4 is 16.2 Å². The Kier molecular flexibility index (Phi) is 4.77. The summed E-state index contributed by atoms with van der Waals surface area (Å²) in [5.41, 5.74) is 0.837. The van der Waals surface area contributed by atoms with Gasteiger partial charge in [-0.2, -0.15) is 0 Å². The number of carbonyl (C=O) groups excluding carboxylic acids is 1. The maximum Gasteiger partial charge on any atom is 0.260 e. The molecule has 3 N–H and O–H groups in total. The lowest BCUT2D eigenvalue weighted by Crippen LogP contribution is -2.29. The van der Waals surface area contributed by atoms with Crippen molar-refractivity contribution >= 4 is 34.4 Å². The molecule has 0 saturated heterocycles. The summed E-state index contributed by atoms with van der Waals surface area (Å²) < 4.78 is 0. The lowest BCUT2D eigenvalue weighted by molar-refractivity contribution is 0.0955. The Labute approximate surface area is 142 Å². The maximum atomic E-state index is 12.0. The third-order valence-corrected chi connectivity index (χ3v) is 3.76. The van der Waals surface area contributed by atoms with Gasteiger partial charge in [-0.05, 0) is 24.3 Å². The molecule has 2 aromatic carbocycles. The first-order chi connectivity index (χ1) is 11.6. The minimum atomic E-state index is -0.248. The molecule has 0 aliphatic heterocycles. The predicted molar refractivity (Wildman–Crippen MR) is 94.6 cm³/mol. The maximum absolute atomic E-state index is 12.0. The molecular formula is C17H15ClN4O2. The smallest absolute Gasteiger partial charge is 0.260 e. The molecule has 0 fully saturated rings. The van der Waals surface area contributed by atoms with E-state index in [1.54, 1.807) is 42.5 Å². The van der Waals surface area contributed by atoms with E-state index in [9.17, 15) is 9.59 Å². The van der Waals surface area contributed by atoms with Crippen LogP contribution in [0.2, 0.25) is 5.02 Å². The summed E-state index contributed by atoms with van der Waals surface area (Å²) in [6.07, 6.45) is 0. The van der Waals surface area contributed by atoms with Crippen molar-refractivity contribution in [3.8, 4) is 0 Å². The summed E-state index contributed by atoms with van der Waals surface area (Å²) in [4.78, 5) is 30.9. The van der Waals surface area contributed by atoms with Gasteiger partial charge in [-0.15, -0.1) is 0 Å². The van der Waals surface area contributed by atoms with Crippen LogP contribution in [0.15, 0.2) is 53.3 Å². The lowest BCUT2D eigenvalue weighted by Gasteiger charge is -2.08. The predicted octanol–water partition coefficient (Wildman–Crippen LogP) is 2.42. The standard InChI is InChI=1S/C17H15ClN4O2/c18-13-7-3-1-5-11(13)15(23)19-9-10-20-17-21-14-8-4-2-6-12(14)16(24)22-17/h1-8H,9-10H2,(H,19,23)(H2,20,21,22,24). The summed E-state index contributed by atoms with van der Waals surface area (Å²) >= 11 is 5.97. The largest absolute Gasteiger partial charge is 0.354 e. The van der Waals surface area contributed by atoms with Crippen LogP contribution in [-0.4, -0.2) is 29.0 Å². The lowest BCUT2D eigenvalue weighted by atomic mass is 10.2. The summed E-state index contributed by atoms with van der Waals surface area (Å²) in [5.74, 6) is 0.119. The molecule has 6 nitrogen and oxygen atoms in total. The van der Waals surface area contributed by atoms with Crippen molar-refractivity contribution in [2.45, 2.75) is 0 Å². The molecular weight excluding hydrogens is 328 g/mol. The normalized spacial score (nSPS) is 10.5. The Balaban J connectivity index is 1.58. The number of aromatic amines is 1. The number of hydrogen-bond acceptors (Lipinski definition) is 4. The molecule has 122 valence electrons. The van der Waals surface area contributed by atoms with E-state index in [-0.39, 0.29) is 11.5 Å². The highest BCUT2D eigenvalue weighted by Gasteiger charge is 2.08. The number of nitrogens with one attached hydrogen (secondary N) is 3. The van der Waals surface area contributed by atoms with E-state index in [2.05, 4.69) is 20.6 Å². The van der Waals surface area contributed by atoms with Crippen LogP contribution in [0, 0.1) is 0 Å². The highest BCUT2D eigenvalue weighted by molar-refractivity contribution is 6.33. The van der Waals surface area contributed by atoms with Gasteiger partial charge in [0, 0.05) is 13.1 Å². The minimum absolute atomic E-state index is 0.205. The zero-order valence-electron chi connectivity index (χ0n) is 12.7. The molecule has 0 unspecified atom stereocenters. The minimum Gasteiger partial charge on any atom is -0.354 e. The van der Waals surface area contributed by atoms with Crippen molar-refractivity contribution in [1.82, 2.24) is 15.3 Å². The van der Waals surface area contributed by atoms with Crippen LogP contribution in [-0.2, 0) is 0 Å². The third kappa shape index (κ3) is 3.55.